The fourth-order valence-electron chi connectivity index (χ4n) is 1.12. The lowest BCUT2D eigenvalue weighted by Gasteiger charge is -1.98. The van der Waals surface area contributed by atoms with E-state index in [4.69, 9.17) is 23.2 Å². The van der Waals surface area contributed by atoms with E-state index in [0.29, 0.717) is 16.0 Å². The van der Waals surface area contributed by atoms with Gasteiger partial charge in [0.15, 0.2) is 11.0 Å². The maximum atomic E-state index is 5.96. The van der Waals surface area contributed by atoms with Gasteiger partial charge in [-0.15, -0.1) is 10.2 Å². The number of hydrogen-bond acceptors (Lipinski definition) is 4. The van der Waals surface area contributed by atoms with E-state index >= 15 is 0 Å². The lowest BCUT2D eigenvalue weighted by Crippen LogP contribution is -1.95. The van der Waals surface area contributed by atoms with Gasteiger partial charge in [-0.05, 0) is 18.2 Å². The van der Waals surface area contributed by atoms with Crippen LogP contribution in [0.1, 0.15) is 5.56 Å². The van der Waals surface area contributed by atoms with E-state index in [-0.39, 0.29) is 0 Å². The molecule has 0 radical (unpaired) electrons. The number of anilines is 1. The topological polar surface area (TPSA) is 50.2 Å². The Morgan fingerprint density at radius 1 is 1.06 bits per heavy atom. The lowest BCUT2D eigenvalue weighted by atomic mass is 10.2. The number of aromatic nitrogens is 2. The molecule has 0 unspecified atom stereocenters. The first-order valence-corrected chi connectivity index (χ1v) is 5.54. The largest absolute Gasteiger partial charge is 0.260 e. The maximum Gasteiger partial charge on any atom is 0.168 e. The third-order valence-corrected chi connectivity index (χ3v) is 2.47. The normalized spacial score (nSPS) is 10.7. The number of nitrogens with zero attached hydrogens (tertiary/aromatic N) is 3. The van der Waals surface area contributed by atoms with Crippen molar-refractivity contribution in [2.24, 2.45) is 5.10 Å². The Bertz CT molecular complexity index is 525. The van der Waals surface area contributed by atoms with Crippen LogP contribution in [0.3, 0.4) is 0 Å². The van der Waals surface area contributed by atoms with Gasteiger partial charge in [0, 0.05) is 10.6 Å². The van der Waals surface area contributed by atoms with Crippen LogP contribution in [-0.4, -0.2) is 16.4 Å². The first kappa shape index (κ1) is 11.8. The average Bonchev–Trinajstić information content (AvgIpc) is 2.34. The van der Waals surface area contributed by atoms with Crippen LogP contribution in [0.15, 0.2) is 41.5 Å². The van der Waals surface area contributed by atoms with Crippen LogP contribution in [0.25, 0.3) is 0 Å². The first-order valence-electron chi connectivity index (χ1n) is 4.78. The monoisotopic (exact) mass is 266 g/mol. The SMILES string of the molecule is Clc1ccc(N/N=C/c2ccccc2Cl)nn1. The molecule has 86 valence electrons. The van der Waals surface area contributed by atoms with Crippen LogP contribution in [0, 0.1) is 0 Å². The van der Waals surface area contributed by atoms with Crippen molar-refractivity contribution in [3.63, 3.8) is 0 Å². The minimum absolute atomic E-state index is 0.339. The Hall–Kier alpha value is -1.65. The van der Waals surface area contributed by atoms with E-state index in [1.54, 1.807) is 24.4 Å². The zero-order valence-electron chi connectivity index (χ0n) is 8.64. The minimum Gasteiger partial charge on any atom is -0.260 e. The molecule has 0 aliphatic heterocycles. The maximum absolute atomic E-state index is 5.96. The number of hydrazone groups is 1. The van der Waals surface area contributed by atoms with Crippen molar-refractivity contribution in [2.45, 2.75) is 0 Å². The summed E-state index contributed by atoms with van der Waals surface area (Å²) < 4.78 is 0. The number of halogens is 2. The summed E-state index contributed by atoms with van der Waals surface area (Å²) >= 11 is 11.6. The molecule has 1 N–H and O–H groups in total. The van der Waals surface area contributed by atoms with Crippen LogP contribution in [0.2, 0.25) is 10.2 Å². The van der Waals surface area contributed by atoms with Crippen LogP contribution < -0.4 is 5.43 Å². The van der Waals surface area contributed by atoms with Crippen LogP contribution >= 0.6 is 23.2 Å². The molecule has 0 bridgehead atoms. The van der Waals surface area contributed by atoms with Crippen molar-refractivity contribution in [1.82, 2.24) is 10.2 Å². The fraction of sp³-hybridized carbons (Fsp3) is 0. The van der Waals surface area contributed by atoms with Crippen molar-refractivity contribution in [3.05, 3.63) is 52.1 Å². The van der Waals surface area contributed by atoms with Crippen molar-refractivity contribution in [3.8, 4) is 0 Å². The highest BCUT2D eigenvalue weighted by Crippen LogP contribution is 2.12. The Balaban J connectivity index is 2.03. The standard InChI is InChI=1S/C11H8Cl2N4/c12-9-4-2-1-3-8(9)7-14-16-11-6-5-10(13)15-17-11/h1-7H,(H,16,17)/b14-7+. The third kappa shape index (κ3) is 3.41. The summed E-state index contributed by atoms with van der Waals surface area (Å²) in [5.74, 6) is 0.512. The smallest absolute Gasteiger partial charge is 0.168 e. The molecule has 0 aliphatic rings. The predicted molar refractivity (Wildman–Crippen MR) is 69.7 cm³/mol. The molecule has 4 nitrogen and oxygen atoms in total. The molecule has 1 aromatic heterocycles. The van der Waals surface area contributed by atoms with E-state index in [0.717, 1.165) is 5.56 Å². The van der Waals surface area contributed by atoms with Crippen LogP contribution in [0.4, 0.5) is 5.82 Å². The van der Waals surface area contributed by atoms with Crippen molar-refractivity contribution >= 4 is 35.2 Å². The number of nitrogens with one attached hydrogen (secondary N) is 1. The second-order valence-corrected chi connectivity index (χ2v) is 3.93. The van der Waals surface area contributed by atoms with Gasteiger partial charge in [-0.2, -0.15) is 5.10 Å². The molecule has 17 heavy (non-hydrogen) atoms. The van der Waals surface area contributed by atoms with Crippen LogP contribution in [-0.2, 0) is 0 Å². The molecule has 0 fully saturated rings. The van der Waals surface area contributed by atoms with Gasteiger partial charge >= 0.3 is 0 Å². The van der Waals surface area contributed by atoms with Gasteiger partial charge in [-0.1, -0.05) is 41.4 Å². The van der Waals surface area contributed by atoms with E-state index in [9.17, 15) is 0 Å². The molecule has 0 atom stereocenters. The lowest BCUT2D eigenvalue weighted by molar-refractivity contribution is 1.02. The van der Waals surface area contributed by atoms with Gasteiger partial charge in [0.1, 0.15) is 0 Å². The fourth-order valence-corrected chi connectivity index (χ4v) is 1.41. The summed E-state index contributed by atoms with van der Waals surface area (Å²) in [5.41, 5.74) is 3.55. The Morgan fingerprint density at radius 2 is 1.88 bits per heavy atom. The van der Waals surface area contributed by atoms with Gasteiger partial charge in [0.05, 0.1) is 6.21 Å². The van der Waals surface area contributed by atoms with Crippen molar-refractivity contribution in [1.29, 1.82) is 0 Å². The van der Waals surface area contributed by atoms with Crippen molar-refractivity contribution < 1.29 is 0 Å². The van der Waals surface area contributed by atoms with Gasteiger partial charge in [-0.3, -0.25) is 5.43 Å². The molecule has 0 spiro atoms. The van der Waals surface area contributed by atoms with E-state index < -0.39 is 0 Å². The first-order chi connectivity index (χ1) is 8.25. The second-order valence-electron chi connectivity index (χ2n) is 3.13. The molecule has 2 aromatic rings. The summed E-state index contributed by atoms with van der Waals surface area (Å²) in [4.78, 5) is 0. The summed E-state index contributed by atoms with van der Waals surface area (Å²) in [6.07, 6.45) is 1.61. The Morgan fingerprint density at radius 3 is 2.59 bits per heavy atom. The zero-order valence-corrected chi connectivity index (χ0v) is 10.2. The zero-order chi connectivity index (χ0) is 12.1. The molecular weight excluding hydrogens is 259 g/mol. The second kappa shape index (κ2) is 5.61. The van der Waals surface area contributed by atoms with Gasteiger partial charge < -0.3 is 0 Å². The molecular formula is C11H8Cl2N4. The molecule has 6 heteroatoms. The number of benzene rings is 1. The molecule has 1 aromatic carbocycles. The van der Waals surface area contributed by atoms with E-state index in [1.165, 1.54) is 0 Å². The molecule has 0 aliphatic carbocycles. The van der Waals surface area contributed by atoms with Gasteiger partial charge in [0.25, 0.3) is 0 Å². The quantitative estimate of drug-likeness (QED) is 0.686. The number of hydrogen-bond donors (Lipinski definition) is 1. The van der Waals surface area contributed by atoms with Crippen molar-refractivity contribution in [2.75, 3.05) is 5.43 Å². The highest BCUT2D eigenvalue weighted by atomic mass is 35.5. The van der Waals surface area contributed by atoms with E-state index in [2.05, 4.69) is 20.7 Å². The molecule has 0 saturated heterocycles. The molecule has 2 rings (SSSR count). The Kier molecular flexibility index (Phi) is 3.90. The Labute approximate surface area is 108 Å². The average molecular weight is 267 g/mol. The van der Waals surface area contributed by atoms with Gasteiger partial charge in [0.2, 0.25) is 0 Å². The summed E-state index contributed by atoms with van der Waals surface area (Å²) in [6.45, 7) is 0. The molecule has 0 saturated carbocycles. The highest BCUT2D eigenvalue weighted by molar-refractivity contribution is 6.33. The minimum atomic E-state index is 0.339. The van der Waals surface area contributed by atoms with Crippen LogP contribution in [0.5, 0.6) is 0 Å². The summed E-state index contributed by atoms with van der Waals surface area (Å²) in [7, 11) is 0. The highest BCUT2D eigenvalue weighted by Gasteiger charge is 1.95. The summed E-state index contributed by atoms with van der Waals surface area (Å²) in [6, 6.07) is 10.7. The predicted octanol–water partition coefficient (Wildman–Crippen LogP) is 3.23. The van der Waals surface area contributed by atoms with E-state index in [1.807, 2.05) is 18.2 Å². The molecule has 1 heterocycles. The molecule has 0 amide bonds. The third-order valence-electron chi connectivity index (χ3n) is 1.92. The van der Waals surface area contributed by atoms with Gasteiger partial charge in [-0.25, -0.2) is 0 Å². The number of rotatable bonds is 3. The summed E-state index contributed by atoms with van der Waals surface area (Å²) in [5, 5.41) is 12.4.